The van der Waals surface area contributed by atoms with E-state index in [4.69, 9.17) is 28.6 Å². The number of carbonyl (C=O) groups excluding carboxylic acids is 2. The lowest BCUT2D eigenvalue weighted by Gasteiger charge is -2.11. The summed E-state index contributed by atoms with van der Waals surface area (Å²) in [5.41, 5.74) is 4.81. The van der Waals surface area contributed by atoms with Gasteiger partial charge in [-0.15, -0.1) is 0 Å². The molecular weight excluding hydrogens is 362 g/mol. The fourth-order valence-corrected chi connectivity index (χ4v) is 2.33. The zero-order chi connectivity index (χ0) is 18.5. The number of nitrogens with one attached hydrogen (secondary N) is 3. The number of rotatable bonds is 9. The van der Waals surface area contributed by atoms with Gasteiger partial charge in [-0.3, -0.25) is 20.4 Å². The Labute approximate surface area is 158 Å². The molecule has 0 unspecified atom stereocenters. The molecule has 0 aliphatic rings. The molecule has 0 atom stereocenters. The molecule has 0 radical (unpaired) electrons. The molecule has 3 N–H and O–H groups in total. The van der Waals surface area contributed by atoms with Crippen LogP contribution in [-0.2, 0) is 9.59 Å². The number of carbonyl (C=O) groups is 2. The predicted octanol–water partition coefficient (Wildman–Crippen LogP) is 3.10. The molecule has 2 amide bonds. The van der Waals surface area contributed by atoms with E-state index in [-0.39, 0.29) is 17.6 Å². The van der Waals surface area contributed by atoms with Crippen LogP contribution in [0.2, 0.25) is 5.02 Å². The Bertz CT molecular complexity index is 584. The van der Waals surface area contributed by atoms with E-state index >= 15 is 0 Å². The second-order valence-electron chi connectivity index (χ2n) is 5.43. The summed E-state index contributed by atoms with van der Waals surface area (Å²) >= 11 is 10.9. The lowest BCUT2D eigenvalue weighted by molar-refractivity contribution is -0.124. The summed E-state index contributed by atoms with van der Waals surface area (Å²) in [4.78, 5) is 23.4. The highest BCUT2D eigenvalue weighted by atomic mass is 35.5. The van der Waals surface area contributed by atoms with Crippen molar-refractivity contribution in [1.29, 1.82) is 0 Å². The largest absolute Gasteiger partial charge is 0.482 e. The summed E-state index contributed by atoms with van der Waals surface area (Å²) in [5.74, 6) is -0.204. The summed E-state index contributed by atoms with van der Waals surface area (Å²) in [6, 6.07) is 6.85. The van der Waals surface area contributed by atoms with Crippen molar-refractivity contribution in [3.05, 3.63) is 29.3 Å². The van der Waals surface area contributed by atoms with Crippen LogP contribution < -0.4 is 20.9 Å². The Morgan fingerprint density at radius 1 is 1.08 bits per heavy atom. The molecule has 1 aromatic rings. The first-order valence-corrected chi connectivity index (χ1v) is 9.07. The number of hydrogen-bond acceptors (Lipinski definition) is 4. The van der Waals surface area contributed by atoms with Crippen LogP contribution in [0.1, 0.15) is 45.4 Å². The molecule has 8 heteroatoms. The van der Waals surface area contributed by atoms with Crippen LogP contribution in [0.5, 0.6) is 5.75 Å². The second kappa shape index (κ2) is 12.5. The summed E-state index contributed by atoms with van der Waals surface area (Å²) in [7, 11) is 0. The van der Waals surface area contributed by atoms with Gasteiger partial charge in [0.2, 0.25) is 5.91 Å². The van der Waals surface area contributed by atoms with Crippen molar-refractivity contribution in [3.8, 4) is 5.75 Å². The fourth-order valence-electron chi connectivity index (χ4n) is 1.98. The van der Waals surface area contributed by atoms with Crippen LogP contribution in [0, 0.1) is 0 Å². The van der Waals surface area contributed by atoms with Gasteiger partial charge in [0.15, 0.2) is 11.7 Å². The maximum absolute atomic E-state index is 11.7. The lowest BCUT2D eigenvalue weighted by Crippen LogP contribution is -2.49. The molecular formula is C17H24ClN3O3S. The molecule has 0 aromatic heterocycles. The maximum atomic E-state index is 11.7. The standard InChI is InChI=1S/C17H24ClN3O3S/c1-2-3-4-5-6-11-15(22)19-17(25)21-20-16(23)12-24-14-10-8-7-9-13(14)18/h7-10H,2-6,11-12H2,1H3,(H,20,23)(H2,19,21,22,25). The molecule has 0 heterocycles. The minimum atomic E-state index is -0.448. The van der Waals surface area contributed by atoms with Gasteiger partial charge in [-0.1, -0.05) is 56.3 Å². The highest BCUT2D eigenvalue weighted by Gasteiger charge is 2.07. The molecule has 0 saturated heterocycles. The van der Waals surface area contributed by atoms with Crippen LogP contribution in [0.4, 0.5) is 0 Å². The number of ether oxygens (including phenoxy) is 1. The van der Waals surface area contributed by atoms with Gasteiger partial charge in [0.25, 0.3) is 5.91 Å². The third-order valence-corrected chi connectivity index (χ3v) is 3.79. The van der Waals surface area contributed by atoms with Gasteiger partial charge >= 0.3 is 0 Å². The molecule has 0 saturated carbocycles. The van der Waals surface area contributed by atoms with Gasteiger partial charge in [0.05, 0.1) is 5.02 Å². The third kappa shape index (κ3) is 9.89. The summed E-state index contributed by atoms with van der Waals surface area (Å²) in [6.07, 6.45) is 5.75. The summed E-state index contributed by atoms with van der Waals surface area (Å²) in [6.45, 7) is 1.91. The van der Waals surface area contributed by atoms with Gasteiger partial charge in [-0.05, 0) is 30.8 Å². The SMILES string of the molecule is CCCCCCCC(=O)NC(=S)NNC(=O)COc1ccccc1Cl. The first kappa shape index (κ1) is 21.2. The van der Waals surface area contributed by atoms with Crippen molar-refractivity contribution in [3.63, 3.8) is 0 Å². The van der Waals surface area contributed by atoms with Gasteiger partial charge in [0.1, 0.15) is 5.75 Å². The van der Waals surface area contributed by atoms with Crippen LogP contribution in [0.25, 0.3) is 0 Å². The fraction of sp³-hybridized carbons (Fsp3) is 0.471. The van der Waals surface area contributed by atoms with Crippen molar-refractivity contribution < 1.29 is 14.3 Å². The molecule has 25 heavy (non-hydrogen) atoms. The molecule has 0 bridgehead atoms. The van der Waals surface area contributed by atoms with Gasteiger partial charge in [-0.25, -0.2) is 0 Å². The van der Waals surface area contributed by atoms with Crippen molar-refractivity contribution in [2.24, 2.45) is 0 Å². The van der Waals surface area contributed by atoms with Crippen LogP contribution >= 0.6 is 23.8 Å². The van der Waals surface area contributed by atoms with E-state index in [9.17, 15) is 9.59 Å². The Balaban J connectivity index is 2.15. The van der Waals surface area contributed by atoms with Gasteiger partial charge in [0, 0.05) is 6.42 Å². The number of thiocarbonyl (C=S) groups is 1. The predicted molar refractivity (Wildman–Crippen MR) is 102 cm³/mol. The van der Waals surface area contributed by atoms with E-state index < -0.39 is 5.91 Å². The first-order chi connectivity index (χ1) is 12.0. The minimum Gasteiger partial charge on any atom is -0.482 e. The van der Waals surface area contributed by atoms with Crippen molar-refractivity contribution in [2.75, 3.05) is 6.61 Å². The van der Waals surface area contributed by atoms with Crippen molar-refractivity contribution >= 4 is 40.7 Å². The number of hydrazine groups is 1. The van der Waals surface area contributed by atoms with E-state index in [0.717, 1.165) is 19.3 Å². The van der Waals surface area contributed by atoms with Crippen LogP contribution in [0.3, 0.4) is 0 Å². The normalized spacial score (nSPS) is 10.0. The molecule has 0 aliphatic heterocycles. The topological polar surface area (TPSA) is 79.5 Å². The van der Waals surface area contributed by atoms with Gasteiger partial charge < -0.3 is 10.1 Å². The Morgan fingerprint density at radius 2 is 1.80 bits per heavy atom. The molecule has 0 aliphatic carbocycles. The highest BCUT2D eigenvalue weighted by molar-refractivity contribution is 7.80. The highest BCUT2D eigenvalue weighted by Crippen LogP contribution is 2.22. The molecule has 138 valence electrons. The molecule has 6 nitrogen and oxygen atoms in total. The number of unbranched alkanes of at least 4 members (excludes halogenated alkanes) is 4. The number of para-hydroxylation sites is 1. The Morgan fingerprint density at radius 3 is 2.52 bits per heavy atom. The average Bonchev–Trinajstić information content (AvgIpc) is 2.59. The average molecular weight is 386 g/mol. The summed E-state index contributed by atoms with van der Waals surface area (Å²) < 4.78 is 5.28. The third-order valence-electron chi connectivity index (χ3n) is 3.27. The lowest BCUT2D eigenvalue weighted by atomic mass is 10.1. The van der Waals surface area contributed by atoms with Crippen LogP contribution in [0.15, 0.2) is 24.3 Å². The Hall–Kier alpha value is -1.86. The molecule has 0 fully saturated rings. The van der Waals surface area contributed by atoms with E-state index in [1.165, 1.54) is 12.8 Å². The number of hydrogen-bond donors (Lipinski definition) is 3. The smallest absolute Gasteiger partial charge is 0.276 e. The van der Waals surface area contributed by atoms with Crippen molar-refractivity contribution in [1.82, 2.24) is 16.2 Å². The zero-order valence-electron chi connectivity index (χ0n) is 14.3. The quantitative estimate of drug-likeness (QED) is 0.346. The van der Waals surface area contributed by atoms with Crippen LogP contribution in [-0.4, -0.2) is 23.5 Å². The first-order valence-electron chi connectivity index (χ1n) is 8.29. The second-order valence-corrected chi connectivity index (χ2v) is 6.25. The number of halogens is 1. The maximum Gasteiger partial charge on any atom is 0.276 e. The Kier molecular flexibility index (Phi) is 10.6. The molecule has 1 rings (SSSR count). The van der Waals surface area contributed by atoms with E-state index in [1.54, 1.807) is 24.3 Å². The van der Waals surface area contributed by atoms with E-state index in [0.29, 0.717) is 17.2 Å². The molecule has 1 aromatic carbocycles. The monoisotopic (exact) mass is 385 g/mol. The van der Waals surface area contributed by atoms with Gasteiger partial charge in [-0.2, -0.15) is 0 Å². The summed E-state index contributed by atoms with van der Waals surface area (Å²) in [5, 5.41) is 2.98. The number of amides is 2. The minimum absolute atomic E-state index is 0.0460. The van der Waals surface area contributed by atoms with E-state index in [1.807, 2.05) is 0 Å². The van der Waals surface area contributed by atoms with E-state index in [2.05, 4.69) is 23.1 Å². The number of benzene rings is 1. The van der Waals surface area contributed by atoms with Crippen molar-refractivity contribution in [2.45, 2.75) is 45.4 Å². The zero-order valence-corrected chi connectivity index (χ0v) is 15.8. The molecule has 0 spiro atoms.